The average Bonchev–Trinajstić information content (AvgIpc) is 2.85. The van der Waals surface area contributed by atoms with Crippen LogP contribution in [-0.4, -0.2) is 9.78 Å². The maximum Gasteiger partial charge on any atom is 0.141 e. The smallest absolute Gasteiger partial charge is 0.141 e. The molecule has 3 aromatic rings. The van der Waals surface area contributed by atoms with Crippen molar-refractivity contribution < 1.29 is 4.39 Å². The van der Waals surface area contributed by atoms with E-state index in [4.69, 9.17) is 17.3 Å². The summed E-state index contributed by atoms with van der Waals surface area (Å²) in [6.07, 6.45) is 0. The monoisotopic (exact) mass is 287 g/mol. The van der Waals surface area contributed by atoms with Crippen LogP contribution < -0.4 is 5.73 Å². The first kappa shape index (κ1) is 12.7. The van der Waals surface area contributed by atoms with Gasteiger partial charge in [0.2, 0.25) is 0 Å². The number of nitrogens with zero attached hydrogens (tertiary/aromatic N) is 2. The van der Waals surface area contributed by atoms with Gasteiger partial charge in [-0.15, -0.1) is 0 Å². The number of para-hydroxylation sites is 1. The lowest BCUT2D eigenvalue weighted by atomic mass is 10.1. The Hall–Kier alpha value is -2.33. The number of hydrogen-bond acceptors (Lipinski definition) is 2. The van der Waals surface area contributed by atoms with E-state index in [-0.39, 0.29) is 5.02 Å². The molecule has 0 aliphatic heterocycles. The van der Waals surface area contributed by atoms with Crippen LogP contribution in [-0.2, 0) is 0 Å². The summed E-state index contributed by atoms with van der Waals surface area (Å²) < 4.78 is 14.8. The second-order valence-corrected chi connectivity index (χ2v) is 4.74. The highest BCUT2D eigenvalue weighted by Gasteiger charge is 2.10. The summed E-state index contributed by atoms with van der Waals surface area (Å²) in [5, 5.41) is 4.50. The minimum absolute atomic E-state index is 0.0651. The minimum Gasteiger partial charge on any atom is -0.384 e. The van der Waals surface area contributed by atoms with Crippen LogP contribution in [0.2, 0.25) is 5.02 Å². The molecule has 3 rings (SSSR count). The molecule has 2 aromatic carbocycles. The first-order chi connectivity index (χ1) is 9.65. The quantitative estimate of drug-likeness (QED) is 0.776. The molecule has 20 heavy (non-hydrogen) atoms. The van der Waals surface area contributed by atoms with E-state index in [0.29, 0.717) is 11.5 Å². The largest absolute Gasteiger partial charge is 0.384 e. The first-order valence-corrected chi connectivity index (χ1v) is 6.39. The number of benzene rings is 2. The Kier molecular flexibility index (Phi) is 3.16. The molecule has 0 unspecified atom stereocenters. The number of rotatable bonds is 2. The van der Waals surface area contributed by atoms with E-state index in [9.17, 15) is 4.39 Å². The van der Waals surface area contributed by atoms with Crippen LogP contribution in [0, 0.1) is 5.82 Å². The van der Waals surface area contributed by atoms with Crippen LogP contribution in [0.3, 0.4) is 0 Å². The molecule has 0 aliphatic rings. The standard InChI is InChI=1S/C15H11ClFN3/c16-12-8-10(6-7-13(12)17)14-9-15(18)20(19-14)11-4-2-1-3-5-11/h1-9H,18H2. The fraction of sp³-hybridized carbons (Fsp3) is 0. The molecule has 5 heteroatoms. The highest BCUT2D eigenvalue weighted by Crippen LogP contribution is 2.26. The third-order valence-electron chi connectivity index (χ3n) is 2.95. The van der Waals surface area contributed by atoms with Crippen molar-refractivity contribution in [3.8, 4) is 16.9 Å². The van der Waals surface area contributed by atoms with Gasteiger partial charge in [-0.25, -0.2) is 9.07 Å². The Balaban J connectivity index is 2.06. The maximum absolute atomic E-state index is 13.2. The van der Waals surface area contributed by atoms with E-state index < -0.39 is 5.82 Å². The number of halogens is 2. The molecule has 2 N–H and O–H groups in total. The Morgan fingerprint density at radius 1 is 1.05 bits per heavy atom. The van der Waals surface area contributed by atoms with E-state index >= 15 is 0 Å². The molecule has 0 saturated heterocycles. The number of aromatic nitrogens is 2. The second-order valence-electron chi connectivity index (χ2n) is 4.33. The Labute approximate surface area is 120 Å². The van der Waals surface area contributed by atoms with Gasteiger partial charge < -0.3 is 5.73 Å². The van der Waals surface area contributed by atoms with Crippen molar-refractivity contribution in [2.45, 2.75) is 0 Å². The van der Waals surface area contributed by atoms with Crippen LogP contribution in [0.25, 0.3) is 16.9 Å². The predicted molar refractivity (Wildman–Crippen MR) is 78.4 cm³/mol. The third kappa shape index (κ3) is 2.26. The molecule has 3 nitrogen and oxygen atoms in total. The lowest BCUT2D eigenvalue weighted by Gasteiger charge is -2.02. The van der Waals surface area contributed by atoms with Gasteiger partial charge in [-0.05, 0) is 30.3 Å². The molecule has 1 heterocycles. The summed E-state index contributed by atoms with van der Waals surface area (Å²) in [4.78, 5) is 0. The van der Waals surface area contributed by atoms with Crippen molar-refractivity contribution in [3.05, 3.63) is 65.4 Å². The molecule has 0 bridgehead atoms. The molecule has 0 amide bonds. The number of hydrogen-bond donors (Lipinski definition) is 1. The summed E-state index contributed by atoms with van der Waals surface area (Å²) in [6.45, 7) is 0. The van der Waals surface area contributed by atoms with Crippen molar-refractivity contribution in [1.82, 2.24) is 9.78 Å². The lowest BCUT2D eigenvalue weighted by Crippen LogP contribution is -2.01. The van der Waals surface area contributed by atoms with Gasteiger partial charge >= 0.3 is 0 Å². The zero-order valence-electron chi connectivity index (χ0n) is 10.4. The van der Waals surface area contributed by atoms with Crippen LogP contribution in [0.4, 0.5) is 10.2 Å². The van der Waals surface area contributed by atoms with E-state index in [1.165, 1.54) is 12.1 Å². The summed E-state index contributed by atoms with van der Waals surface area (Å²) >= 11 is 5.79. The molecule has 0 aliphatic carbocycles. The number of nitrogens with two attached hydrogens (primary N) is 1. The van der Waals surface area contributed by atoms with Crippen molar-refractivity contribution in [3.63, 3.8) is 0 Å². The zero-order valence-corrected chi connectivity index (χ0v) is 11.2. The zero-order chi connectivity index (χ0) is 14.1. The van der Waals surface area contributed by atoms with Crippen LogP contribution in [0.1, 0.15) is 0 Å². The average molecular weight is 288 g/mol. The maximum atomic E-state index is 13.2. The van der Waals surface area contributed by atoms with E-state index in [0.717, 1.165) is 11.3 Å². The van der Waals surface area contributed by atoms with Gasteiger partial charge in [-0.3, -0.25) is 0 Å². The van der Waals surface area contributed by atoms with E-state index in [1.807, 2.05) is 30.3 Å². The van der Waals surface area contributed by atoms with E-state index in [2.05, 4.69) is 5.10 Å². The van der Waals surface area contributed by atoms with Gasteiger partial charge in [-0.2, -0.15) is 5.10 Å². The predicted octanol–water partition coefficient (Wildman–Crippen LogP) is 3.91. The highest BCUT2D eigenvalue weighted by atomic mass is 35.5. The van der Waals surface area contributed by atoms with Crippen LogP contribution in [0.15, 0.2) is 54.6 Å². The molecule has 0 saturated carbocycles. The van der Waals surface area contributed by atoms with Crippen LogP contribution in [0.5, 0.6) is 0 Å². The Bertz CT molecular complexity index is 753. The molecule has 0 fully saturated rings. The van der Waals surface area contributed by atoms with Crippen molar-refractivity contribution in [1.29, 1.82) is 0 Å². The van der Waals surface area contributed by atoms with E-state index in [1.54, 1.807) is 16.8 Å². The van der Waals surface area contributed by atoms with Crippen molar-refractivity contribution >= 4 is 17.4 Å². The van der Waals surface area contributed by atoms with Gasteiger partial charge in [0.15, 0.2) is 0 Å². The van der Waals surface area contributed by atoms with Crippen molar-refractivity contribution in [2.24, 2.45) is 0 Å². The van der Waals surface area contributed by atoms with Gasteiger partial charge in [-0.1, -0.05) is 29.8 Å². The second kappa shape index (κ2) is 4.98. The van der Waals surface area contributed by atoms with Gasteiger partial charge in [0.1, 0.15) is 11.6 Å². The summed E-state index contributed by atoms with van der Waals surface area (Å²) in [5.41, 5.74) is 8.20. The summed E-state index contributed by atoms with van der Waals surface area (Å²) in [6, 6.07) is 15.8. The molecular weight excluding hydrogens is 277 g/mol. The fourth-order valence-corrected chi connectivity index (χ4v) is 2.15. The van der Waals surface area contributed by atoms with Gasteiger partial charge in [0.05, 0.1) is 16.4 Å². The first-order valence-electron chi connectivity index (χ1n) is 6.01. The topological polar surface area (TPSA) is 43.8 Å². The number of nitrogen functional groups attached to an aromatic ring is 1. The summed E-state index contributed by atoms with van der Waals surface area (Å²) in [5.74, 6) is 0.0533. The Morgan fingerprint density at radius 2 is 1.80 bits per heavy atom. The molecule has 0 atom stereocenters. The third-order valence-corrected chi connectivity index (χ3v) is 3.24. The molecule has 0 radical (unpaired) electrons. The lowest BCUT2D eigenvalue weighted by molar-refractivity contribution is 0.628. The fourth-order valence-electron chi connectivity index (χ4n) is 1.97. The molecule has 100 valence electrons. The summed E-state index contributed by atoms with van der Waals surface area (Å²) in [7, 11) is 0. The molecule has 0 spiro atoms. The Morgan fingerprint density at radius 3 is 2.50 bits per heavy atom. The SMILES string of the molecule is Nc1cc(-c2ccc(F)c(Cl)c2)nn1-c1ccccc1. The molecular formula is C15H11ClFN3. The molecule has 1 aromatic heterocycles. The van der Waals surface area contributed by atoms with Gasteiger partial charge in [0, 0.05) is 11.6 Å². The normalized spacial score (nSPS) is 10.7. The van der Waals surface area contributed by atoms with Crippen LogP contribution >= 0.6 is 11.6 Å². The van der Waals surface area contributed by atoms with Crippen molar-refractivity contribution in [2.75, 3.05) is 5.73 Å². The number of anilines is 1. The highest BCUT2D eigenvalue weighted by molar-refractivity contribution is 6.31. The minimum atomic E-state index is -0.453. The van der Waals surface area contributed by atoms with Gasteiger partial charge in [0.25, 0.3) is 0 Å².